The van der Waals surface area contributed by atoms with Gasteiger partial charge in [0, 0.05) is 35.4 Å². The van der Waals surface area contributed by atoms with Crippen molar-refractivity contribution in [2.24, 2.45) is 0 Å². The number of morpholine rings is 1. The number of halogens is 1. The zero-order valence-corrected chi connectivity index (χ0v) is 18.3. The van der Waals surface area contributed by atoms with E-state index in [0.29, 0.717) is 35.2 Å². The summed E-state index contributed by atoms with van der Waals surface area (Å²) in [6.45, 7) is 2.92. The van der Waals surface area contributed by atoms with Gasteiger partial charge in [-0.2, -0.15) is 0 Å². The smallest absolute Gasteiger partial charge is 0.270 e. The standard InChI is InChI=1S/C22H20ClN3O4S/c1-29-19-13-17(25-8-10-30-11-9-25)5-2-14(19)12-18-20(27)24-22(31)26(21(18)28)16-6-3-15(23)4-7-16/h2-7,12-13H,8-11H2,1H3,(H,24,27,31). The molecule has 0 atom stereocenters. The van der Waals surface area contributed by atoms with Crippen LogP contribution in [0.2, 0.25) is 5.02 Å². The molecule has 2 aliphatic rings. The van der Waals surface area contributed by atoms with Gasteiger partial charge in [-0.1, -0.05) is 11.6 Å². The average Bonchev–Trinajstić information content (AvgIpc) is 2.78. The summed E-state index contributed by atoms with van der Waals surface area (Å²) in [5.41, 5.74) is 2.08. The number of hydrogen-bond acceptors (Lipinski definition) is 6. The van der Waals surface area contributed by atoms with Gasteiger partial charge in [0.2, 0.25) is 0 Å². The lowest BCUT2D eigenvalue weighted by atomic mass is 10.1. The fraction of sp³-hybridized carbons (Fsp3) is 0.227. The third kappa shape index (κ3) is 4.41. The van der Waals surface area contributed by atoms with E-state index >= 15 is 0 Å². The van der Waals surface area contributed by atoms with Crippen molar-refractivity contribution in [3.8, 4) is 5.75 Å². The van der Waals surface area contributed by atoms with E-state index in [1.54, 1.807) is 31.4 Å². The van der Waals surface area contributed by atoms with Crippen LogP contribution < -0.4 is 19.9 Å². The first-order valence-corrected chi connectivity index (χ1v) is 10.4. The fourth-order valence-electron chi connectivity index (χ4n) is 3.47. The second-order valence-corrected chi connectivity index (χ2v) is 7.78. The molecule has 2 aromatic rings. The maximum Gasteiger partial charge on any atom is 0.270 e. The Morgan fingerprint density at radius 1 is 1.10 bits per heavy atom. The molecule has 1 N–H and O–H groups in total. The number of rotatable bonds is 4. The first-order valence-electron chi connectivity index (χ1n) is 9.65. The van der Waals surface area contributed by atoms with Crippen LogP contribution in [0.25, 0.3) is 6.08 Å². The molecule has 0 aromatic heterocycles. The summed E-state index contributed by atoms with van der Waals surface area (Å²) in [7, 11) is 1.55. The predicted molar refractivity (Wildman–Crippen MR) is 124 cm³/mol. The summed E-state index contributed by atoms with van der Waals surface area (Å²) in [5, 5.41) is 3.13. The van der Waals surface area contributed by atoms with Crippen molar-refractivity contribution in [1.29, 1.82) is 0 Å². The molecule has 0 bridgehead atoms. The number of benzene rings is 2. The number of ether oxygens (including phenoxy) is 2. The summed E-state index contributed by atoms with van der Waals surface area (Å²) < 4.78 is 10.9. The van der Waals surface area contributed by atoms with Crippen molar-refractivity contribution in [2.45, 2.75) is 0 Å². The van der Waals surface area contributed by atoms with E-state index in [2.05, 4.69) is 10.2 Å². The lowest BCUT2D eigenvalue weighted by Crippen LogP contribution is -2.54. The van der Waals surface area contributed by atoms with Crippen LogP contribution in [-0.2, 0) is 14.3 Å². The Kier molecular flexibility index (Phi) is 6.22. The zero-order chi connectivity index (χ0) is 22.0. The Hall–Kier alpha value is -2.94. The van der Waals surface area contributed by atoms with E-state index in [1.807, 2.05) is 18.2 Å². The molecule has 0 radical (unpaired) electrons. The van der Waals surface area contributed by atoms with Crippen molar-refractivity contribution >= 4 is 58.2 Å². The topological polar surface area (TPSA) is 71.1 Å². The van der Waals surface area contributed by atoms with Crippen LogP contribution in [0, 0.1) is 0 Å². The molecule has 7 nitrogen and oxygen atoms in total. The molecule has 2 amide bonds. The number of thiocarbonyl (C=S) groups is 1. The quantitative estimate of drug-likeness (QED) is 0.432. The molecule has 2 heterocycles. The Labute approximate surface area is 190 Å². The Bertz CT molecular complexity index is 1060. The van der Waals surface area contributed by atoms with Crippen molar-refractivity contribution in [3.63, 3.8) is 0 Å². The number of anilines is 2. The van der Waals surface area contributed by atoms with Crippen LogP contribution in [0.1, 0.15) is 5.56 Å². The van der Waals surface area contributed by atoms with Crippen molar-refractivity contribution in [2.75, 3.05) is 43.2 Å². The van der Waals surface area contributed by atoms with Crippen molar-refractivity contribution < 1.29 is 19.1 Å². The molecule has 160 valence electrons. The highest BCUT2D eigenvalue weighted by molar-refractivity contribution is 7.80. The molecular weight excluding hydrogens is 438 g/mol. The van der Waals surface area contributed by atoms with Gasteiger partial charge in [-0.3, -0.25) is 19.8 Å². The minimum atomic E-state index is -0.556. The molecule has 0 saturated carbocycles. The van der Waals surface area contributed by atoms with Gasteiger partial charge < -0.3 is 14.4 Å². The third-order valence-corrected chi connectivity index (χ3v) is 5.62. The molecule has 0 unspecified atom stereocenters. The largest absolute Gasteiger partial charge is 0.496 e. The van der Waals surface area contributed by atoms with Crippen LogP contribution in [0.4, 0.5) is 11.4 Å². The average molecular weight is 458 g/mol. The summed E-state index contributed by atoms with van der Waals surface area (Å²) in [6, 6.07) is 12.3. The molecule has 2 aliphatic heterocycles. The van der Waals surface area contributed by atoms with E-state index in [0.717, 1.165) is 18.8 Å². The summed E-state index contributed by atoms with van der Waals surface area (Å²) >= 11 is 11.2. The molecule has 31 heavy (non-hydrogen) atoms. The fourth-order valence-corrected chi connectivity index (χ4v) is 3.88. The normalized spacial score (nSPS) is 18.4. The summed E-state index contributed by atoms with van der Waals surface area (Å²) in [5.74, 6) is -0.516. The maximum atomic E-state index is 13.2. The summed E-state index contributed by atoms with van der Waals surface area (Å²) in [4.78, 5) is 29.2. The SMILES string of the molecule is COc1cc(N2CCOCC2)ccc1C=C1C(=O)NC(=S)N(c2ccc(Cl)cc2)C1=O. The molecular formula is C22H20ClN3O4S. The zero-order valence-electron chi connectivity index (χ0n) is 16.8. The van der Waals surface area contributed by atoms with Gasteiger partial charge in [0.25, 0.3) is 11.8 Å². The van der Waals surface area contributed by atoms with Crippen LogP contribution in [0.15, 0.2) is 48.0 Å². The van der Waals surface area contributed by atoms with E-state index in [-0.39, 0.29) is 10.7 Å². The molecule has 2 aromatic carbocycles. The lowest BCUT2D eigenvalue weighted by Gasteiger charge is -2.30. The van der Waals surface area contributed by atoms with E-state index < -0.39 is 11.8 Å². The minimum Gasteiger partial charge on any atom is -0.496 e. The van der Waals surface area contributed by atoms with Gasteiger partial charge in [0.15, 0.2) is 5.11 Å². The predicted octanol–water partition coefficient (Wildman–Crippen LogP) is 3.02. The minimum absolute atomic E-state index is 0.0177. The van der Waals surface area contributed by atoms with Gasteiger partial charge in [-0.15, -0.1) is 0 Å². The maximum absolute atomic E-state index is 13.2. The molecule has 0 aliphatic carbocycles. The second kappa shape index (κ2) is 9.05. The number of hydrogen-bond donors (Lipinski definition) is 1. The van der Waals surface area contributed by atoms with Crippen LogP contribution in [0.5, 0.6) is 5.75 Å². The highest BCUT2D eigenvalue weighted by Crippen LogP contribution is 2.30. The van der Waals surface area contributed by atoms with Crippen LogP contribution in [0.3, 0.4) is 0 Å². The monoisotopic (exact) mass is 457 g/mol. The highest BCUT2D eigenvalue weighted by atomic mass is 35.5. The van der Waals surface area contributed by atoms with Gasteiger partial charge in [0.1, 0.15) is 11.3 Å². The number of carbonyl (C=O) groups excluding carboxylic acids is 2. The second-order valence-electron chi connectivity index (χ2n) is 6.96. The van der Waals surface area contributed by atoms with E-state index in [4.69, 9.17) is 33.3 Å². The van der Waals surface area contributed by atoms with Crippen molar-refractivity contribution in [3.05, 3.63) is 58.6 Å². The highest BCUT2D eigenvalue weighted by Gasteiger charge is 2.34. The van der Waals surface area contributed by atoms with E-state index in [9.17, 15) is 9.59 Å². The summed E-state index contributed by atoms with van der Waals surface area (Å²) in [6.07, 6.45) is 1.52. The number of nitrogens with zero attached hydrogens (tertiary/aromatic N) is 2. The third-order valence-electron chi connectivity index (χ3n) is 5.08. The molecule has 0 spiro atoms. The van der Waals surface area contributed by atoms with Gasteiger partial charge in [-0.25, -0.2) is 0 Å². The molecule has 2 saturated heterocycles. The first kappa shape index (κ1) is 21.3. The van der Waals surface area contributed by atoms with Gasteiger partial charge in [0.05, 0.1) is 26.0 Å². The Balaban J connectivity index is 1.67. The Morgan fingerprint density at radius 3 is 2.45 bits per heavy atom. The van der Waals surface area contributed by atoms with Crippen LogP contribution in [-0.4, -0.2) is 50.3 Å². The van der Waals surface area contributed by atoms with E-state index in [1.165, 1.54) is 11.0 Å². The molecule has 9 heteroatoms. The molecule has 4 rings (SSSR count). The van der Waals surface area contributed by atoms with Gasteiger partial charge >= 0.3 is 0 Å². The Morgan fingerprint density at radius 2 is 1.77 bits per heavy atom. The lowest BCUT2D eigenvalue weighted by molar-refractivity contribution is -0.122. The van der Waals surface area contributed by atoms with Crippen molar-refractivity contribution in [1.82, 2.24) is 5.32 Å². The van der Waals surface area contributed by atoms with Crippen LogP contribution >= 0.6 is 23.8 Å². The number of amides is 2. The number of nitrogens with one attached hydrogen (secondary N) is 1. The first-order chi connectivity index (χ1) is 15.0. The number of carbonyl (C=O) groups is 2. The van der Waals surface area contributed by atoms with Gasteiger partial charge in [-0.05, 0) is 54.7 Å². The number of methoxy groups -OCH3 is 1. The molecule has 2 fully saturated rings.